The molecule has 134 valence electrons. The summed E-state index contributed by atoms with van der Waals surface area (Å²) in [7, 11) is 1.81. The normalized spacial score (nSPS) is 15.1. The first kappa shape index (κ1) is 17.9. The highest BCUT2D eigenvalue weighted by molar-refractivity contribution is 6.36. The Morgan fingerprint density at radius 3 is 2.56 bits per heavy atom. The van der Waals surface area contributed by atoms with Crippen molar-refractivity contribution in [2.24, 2.45) is 7.05 Å². The molecule has 1 heterocycles. The molecule has 0 saturated heterocycles. The fourth-order valence-electron chi connectivity index (χ4n) is 2.55. The number of ether oxygens (including phenoxy) is 2. The van der Waals surface area contributed by atoms with Crippen LogP contribution in [0.15, 0.2) is 12.1 Å². The predicted octanol–water partition coefficient (Wildman–Crippen LogP) is 4.56. The molecule has 0 spiro atoms. The van der Waals surface area contributed by atoms with E-state index in [4.69, 9.17) is 37.8 Å². The van der Waals surface area contributed by atoms with Crippen LogP contribution in [0.25, 0.3) is 0 Å². The van der Waals surface area contributed by atoms with Gasteiger partial charge in [-0.15, -0.1) is 0 Å². The third kappa shape index (κ3) is 3.70. The highest BCUT2D eigenvalue weighted by atomic mass is 35.5. The quantitative estimate of drug-likeness (QED) is 0.789. The molecule has 1 aromatic heterocycles. The number of aromatic nitrogens is 2. The van der Waals surface area contributed by atoms with Crippen molar-refractivity contribution in [1.29, 1.82) is 0 Å². The zero-order valence-electron chi connectivity index (χ0n) is 14.0. The van der Waals surface area contributed by atoms with Crippen LogP contribution in [0.2, 0.25) is 10.0 Å². The Labute approximate surface area is 155 Å². The summed E-state index contributed by atoms with van der Waals surface area (Å²) in [5, 5.41) is 14.0. The van der Waals surface area contributed by atoms with E-state index in [0.29, 0.717) is 22.6 Å². The van der Waals surface area contributed by atoms with Crippen molar-refractivity contribution >= 4 is 29.2 Å². The lowest BCUT2D eigenvalue weighted by molar-refractivity contribution is -0.144. The molecule has 3 rings (SSSR count). The molecular formula is C17H18Cl2N2O4. The molecule has 0 aliphatic heterocycles. The van der Waals surface area contributed by atoms with Gasteiger partial charge in [0.1, 0.15) is 5.75 Å². The lowest BCUT2D eigenvalue weighted by Crippen LogP contribution is -2.23. The maximum absolute atomic E-state index is 11.0. The monoisotopic (exact) mass is 384 g/mol. The number of carbonyl (C=O) groups is 1. The van der Waals surface area contributed by atoms with Gasteiger partial charge in [0.25, 0.3) is 0 Å². The van der Waals surface area contributed by atoms with Gasteiger partial charge in [0.2, 0.25) is 5.88 Å². The largest absolute Gasteiger partial charge is 0.479 e. The molecule has 1 aliphatic rings. The van der Waals surface area contributed by atoms with Crippen molar-refractivity contribution in [2.75, 3.05) is 0 Å². The number of aryl methyl sites for hydroxylation is 1. The Morgan fingerprint density at radius 1 is 1.32 bits per heavy atom. The van der Waals surface area contributed by atoms with Gasteiger partial charge in [-0.1, -0.05) is 23.2 Å². The van der Waals surface area contributed by atoms with Crippen molar-refractivity contribution in [3.8, 4) is 17.4 Å². The average molecular weight is 385 g/mol. The minimum Gasteiger partial charge on any atom is -0.479 e. The van der Waals surface area contributed by atoms with E-state index in [0.717, 1.165) is 24.1 Å². The Kier molecular flexibility index (Phi) is 4.84. The van der Waals surface area contributed by atoms with Gasteiger partial charge in [-0.2, -0.15) is 5.10 Å². The fraction of sp³-hybridized carbons (Fsp3) is 0.412. The van der Waals surface area contributed by atoms with Crippen molar-refractivity contribution in [3.63, 3.8) is 0 Å². The van der Waals surface area contributed by atoms with Crippen LogP contribution in [0.1, 0.15) is 36.9 Å². The number of aliphatic carboxylic acids is 1. The molecule has 2 aromatic rings. The fourth-order valence-corrected chi connectivity index (χ4v) is 3.01. The van der Waals surface area contributed by atoms with Crippen LogP contribution in [-0.4, -0.2) is 27.0 Å². The molecule has 1 fully saturated rings. The highest BCUT2D eigenvalue weighted by Gasteiger charge is 2.30. The van der Waals surface area contributed by atoms with Gasteiger partial charge < -0.3 is 14.6 Å². The molecule has 25 heavy (non-hydrogen) atoms. The van der Waals surface area contributed by atoms with Gasteiger partial charge in [-0.3, -0.25) is 0 Å². The molecule has 1 atom stereocenters. The maximum Gasteiger partial charge on any atom is 0.344 e. The van der Waals surface area contributed by atoms with E-state index in [1.165, 1.54) is 19.1 Å². The van der Waals surface area contributed by atoms with Crippen LogP contribution in [0, 0.1) is 6.92 Å². The number of rotatable bonds is 6. The third-order valence-corrected chi connectivity index (χ3v) is 4.66. The lowest BCUT2D eigenvalue weighted by atomic mass is 10.2. The third-order valence-electron chi connectivity index (χ3n) is 4.07. The van der Waals surface area contributed by atoms with Crippen LogP contribution >= 0.6 is 23.2 Å². The standard InChI is InChI=1S/C17H18Cl2N2O4/c1-8-15(10-4-5-10)20-21(3)16(8)25-14-7-13(11(18)6-12(14)19)24-9(2)17(22)23/h6-7,9-10H,4-5H2,1-3H3,(H,22,23)/t9-/m0/s1. The Morgan fingerprint density at radius 2 is 1.96 bits per heavy atom. The second-order valence-corrected chi connectivity index (χ2v) is 6.94. The summed E-state index contributed by atoms with van der Waals surface area (Å²) in [4.78, 5) is 11.0. The highest BCUT2D eigenvalue weighted by Crippen LogP contribution is 2.44. The molecule has 0 amide bonds. The molecular weight excluding hydrogens is 367 g/mol. The number of nitrogens with zero attached hydrogens (tertiary/aromatic N) is 2. The van der Waals surface area contributed by atoms with E-state index in [2.05, 4.69) is 5.10 Å². The number of benzene rings is 1. The van der Waals surface area contributed by atoms with E-state index in [-0.39, 0.29) is 10.8 Å². The van der Waals surface area contributed by atoms with Gasteiger partial charge in [-0.05, 0) is 32.8 Å². The number of carboxylic acid groups (broad SMARTS) is 1. The Bertz CT molecular complexity index is 831. The Balaban J connectivity index is 1.91. The van der Waals surface area contributed by atoms with Crippen LogP contribution < -0.4 is 9.47 Å². The topological polar surface area (TPSA) is 73.6 Å². The number of hydrogen-bond donors (Lipinski definition) is 1. The van der Waals surface area contributed by atoms with Gasteiger partial charge in [0.15, 0.2) is 11.9 Å². The summed E-state index contributed by atoms with van der Waals surface area (Å²) >= 11 is 12.3. The first-order chi connectivity index (χ1) is 11.8. The molecule has 8 heteroatoms. The first-order valence-electron chi connectivity index (χ1n) is 7.87. The summed E-state index contributed by atoms with van der Waals surface area (Å²) in [6.07, 6.45) is 1.24. The molecule has 0 unspecified atom stereocenters. The Hall–Kier alpha value is -1.92. The first-order valence-corrected chi connectivity index (χ1v) is 8.63. The average Bonchev–Trinajstić information content (AvgIpc) is 3.33. The molecule has 0 radical (unpaired) electrons. The molecule has 1 aromatic carbocycles. The SMILES string of the molecule is Cc1c(C2CC2)nn(C)c1Oc1cc(O[C@@H](C)C(=O)O)c(Cl)cc1Cl. The zero-order valence-corrected chi connectivity index (χ0v) is 15.6. The summed E-state index contributed by atoms with van der Waals surface area (Å²) in [6.45, 7) is 3.38. The van der Waals surface area contributed by atoms with Gasteiger partial charge in [0.05, 0.1) is 15.7 Å². The van der Waals surface area contributed by atoms with E-state index >= 15 is 0 Å². The van der Waals surface area contributed by atoms with Crippen LogP contribution in [0.3, 0.4) is 0 Å². The lowest BCUT2D eigenvalue weighted by Gasteiger charge is -2.15. The van der Waals surface area contributed by atoms with Crippen LogP contribution in [0.4, 0.5) is 0 Å². The zero-order chi connectivity index (χ0) is 18.3. The van der Waals surface area contributed by atoms with E-state index in [1.807, 2.05) is 14.0 Å². The number of carboxylic acids is 1. The van der Waals surface area contributed by atoms with Crippen LogP contribution in [-0.2, 0) is 11.8 Å². The van der Waals surface area contributed by atoms with E-state index in [1.54, 1.807) is 4.68 Å². The van der Waals surface area contributed by atoms with E-state index in [9.17, 15) is 4.79 Å². The van der Waals surface area contributed by atoms with Gasteiger partial charge >= 0.3 is 5.97 Å². The van der Waals surface area contributed by atoms with Crippen molar-refractivity contribution in [3.05, 3.63) is 33.4 Å². The van der Waals surface area contributed by atoms with Crippen molar-refractivity contribution in [2.45, 2.75) is 38.7 Å². The number of hydrogen-bond acceptors (Lipinski definition) is 4. The van der Waals surface area contributed by atoms with Gasteiger partial charge in [-0.25, -0.2) is 9.48 Å². The molecule has 6 nitrogen and oxygen atoms in total. The minimum atomic E-state index is -1.09. The summed E-state index contributed by atoms with van der Waals surface area (Å²) < 4.78 is 13.0. The second-order valence-electron chi connectivity index (χ2n) is 6.13. The molecule has 1 N–H and O–H groups in total. The van der Waals surface area contributed by atoms with E-state index < -0.39 is 12.1 Å². The second kappa shape index (κ2) is 6.77. The summed E-state index contributed by atoms with van der Waals surface area (Å²) in [6, 6.07) is 2.96. The predicted molar refractivity (Wildman–Crippen MR) is 94.2 cm³/mol. The number of halogens is 2. The summed E-state index contributed by atoms with van der Waals surface area (Å²) in [5.74, 6) is 0.512. The van der Waals surface area contributed by atoms with Crippen LogP contribution in [0.5, 0.6) is 17.4 Å². The smallest absolute Gasteiger partial charge is 0.344 e. The minimum absolute atomic E-state index is 0.193. The molecule has 1 saturated carbocycles. The molecule has 1 aliphatic carbocycles. The van der Waals surface area contributed by atoms with Crippen molar-refractivity contribution in [1.82, 2.24) is 9.78 Å². The summed E-state index contributed by atoms with van der Waals surface area (Å²) in [5.41, 5.74) is 2.01. The molecule has 0 bridgehead atoms. The van der Waals surface area contributed by atoms with Crippen molar-refractivity contribution < 1.29 is 19.4 Å². The van der Waals surface area contributed by atoms with Gasteiger partial charge in [0, 0.05) is 24.6 Å². The maximum atomic E-state index is 11.0.